The Hall–Kier alpha value is -1.67. The zero-order valence-corrected chi connectivity index (χ0v) is 11.7. The van der Waals surface area contributed by atoms with Gasteiger partial charge in [0.1, 0.15) is 5.82 Å². The third-order valence-corrected chi connectivity index (χ3v) is 3.41. The molecule has 0 saturated carbocycles. The largest absolute Gasteiger partial charge is 0.304 e. The molecule has 0 radical (unpaired) electrons. The van der Waals surface area contributed by atoms with Crippen LogP contribution in [-0.2, 0) is 0 Å². The van der Waals surface area contributed by atoms with Crippen molar-refractivity contribution in [1.29, 1.82) is 0 Å². The van der Waals surface area contributed by atoms with Gasteiger partial charge in [0.25, 0.3) is 0 Å². The molecule has 0 heterocycles. The molecule has 0 spiro atoms. The summed E-state index contributed by atoms with van der Waals surface area (Å²) in [6.07, 6.45) is 0. The van der Waals surface area contributed by atoms with Crippen molar-refractivity contribution in [3.8, 4) is 0 Å². The lowest BCUT2D eigenvalue weighted by atomic mass is 10.0. The maximum absolute atomic E-state index is 12.9. The van der Waals surface area contributed by atoms with E-state index < -0.39 is 0 Å². The van der Waals surface area contributed by atoms with Gasteiger partial charge in [-0.2, -0.15) is 0 Å². The zero-order valence-electron chi connectivity index (χ0n) is 11.7. The summed E-state index contributed by atoms with van der Waals surface area (Å²) in [5, 5.41) is 3.54. The Morgan fingerprint density at radius 3 is 2.16 bits per heavy atom. The van der Waals surface area contributed by atoms with Gasteiger partial charge in [0.15, 0.2) is 0 Å². The first-order chi connectivity index (χ1) is 9.06. The van der Waals surface area contributed by atoms with Crippen molar-refractivity contribution in [1.82, 2.24) is 5.32 Å². The first kappa shape index (κ1) is 13.8. The molecular weight excluding hydrogens is 237 g/mol. The van der Waals surface area contributed by atoms with Gasteiger partial charge in [-0.05, 0) is 44.0 Å². The quantitative estimate of drug-likeness (QED) is 0.847. The average molecular weight is 257 g/mol. The molecule has 0 aliphatic carbocycles. The summed E-state index contributed by atoms with van der Waals surface area (Å²) in [5.74, 6) is -0.192. The van der Waals surface area contributed by atoms with Crippen LogP contribution in [0.5, 0.6) is 0 Å². The molecule has 2 aromatic rings. The van der Waals surface area contributed by atoms with Gasteiger partial charge in [-0.1, -0.05) is 42.0 Å². The van der Waals surface area contributed by atoms with Crippen molar-refractivity contribution >= 4 is 0 Å². The molecule has 0 bridgehead atoms. The second-order valence-corrected chi connectivity index (χ2v) is 5.08. The van der Waals surface area contributed by atoms with E-state index in [2.05, 4.69) is 50.4 Å². The second-order valence-electron chi connectivity index (χ2n) is 5.08. The summed E-state index contributed by atoms with van der Waals surface area (Å²) in [6.45, 7) is 6.34. The van der Waals surface area contributed by atoms with Gasteiger partial charge in [-0.3, -0.25) is 0 Å². The number of halogens is 1. The van der Waals surface area contributed by atoms with Crippen molar-refractivity contribution in [2.45, 2.75) is 32.9 Å². The maximum atomic E-state index is 12.9. The fourth-order valence-corrected chi connectivity index (χ4v) is 2.26. The Kier molecular flexibility index (Phi) is 4.33. The van der Waals surface area contributed by atoms with Crippen LogP contribution in [0.2, 0.25) is 0 Å². The summed E-state index contributed by atoms with van der Waals surface area (Å²) >= 11 is 0. The van der Waals surface area contributed by atoms with Crippen LogP contribution in [-0.4, -0.2) is 0 Å². The van der Waals surface area contributed by atoms with E-state index >= 15 is 0 Å². The predicted octanol–water partition coefficient (Wildman–Crippen LogP) is 4.55. The van der Waals surface area contributed by atoms with Crippen LogP contribution in [0.1, 0.15) is 42.6 Å². The van der Waals surface area contributed by atoms with Crippen molar-refractivity contribution in [2.24, 2.45) is 0 Å². The van der Waals surface area contributed by atoms with Crippen molar-refractivity contribution in [3.63, 3.8) is 0 Å². The number of nitrogens with one attached hydrogen (secondary N) is 1. The lowest BCUT2D eigenvalue weighted by Crippen LogP contribution is -2.22. The predicted molar refractivity (Wildman–Crippen MR) is 77.5 cm³/mol. The zero-order chi connectivity index (χ0) is 13.8. The fourth-order valence-electron chi connectivity index (χ4n) is 2.26. The first-order valence-corrected chi connectivity index (χ1v) is 6.64. The minimum absolute atomic E-state index is 0.191. The van der Waals surface area contributed by atoms with Crippen LogP contribution in [0.15, 0.2) is 48.5 Å². The molecule has 100 valence electrons. The monoisotopic (exact) mass is 257 g/mol. The van der Waals surface area contributed by atoms with Crippen LogP contribution < -0.4 is 5.32 Å². The summed E-state index contributed by atoms with van der Waals surface area (Å²) in [4.78, 5) is 0. The molecule has 0 aliphatic heterocycles. The third-order valence-electron chi connectivity index (χ3n) is 3.41. The van der Waals surface area contributed by atoms with Gasteiger partial charge < -0.3 is 5.32 Å². The van der Waals surface area contributed by atoms with E-state index in [1.54, 1.807) is 0 Å². The Morgan fingerprint density at radius 1 is 0.895 bits per heavy atom. The SMILES string of the molecule is Cc1cccc(C(C)N[C@H](C)c2ccc(F)cc2)c1. The number of rotatable bonds is 4. The third kappa shape index (κ3) is 3.65. The highest BCUT2D eigenvalue weighted by molar-refractivity contribution is 5.25. The maximum Gasteiger partial charge on any atom is 0.123 e. The van der Waals surface area contributed by atoms with Gasteiger partial charge >= 0.3 is 0 Å². The van der Waals surface area contributed by atoms with Crippen LogP contribution >= 0.6 is 0 Å². The van der Waals surface area contributed by atoms with Gasteiger partial charge in [-0.25, -0.2) is 4.39 Å². The molecule has 19 heavy (non-hydrogen) atoms. The molecule has 1 nitrogen and oxygen atoms in total. The van der Waals surface area contributed by atoms with E-state index in [0.29, 0.717) is 0 Å². The molecule has 2 heteroatoms. The topological polar surface area (TPSA) is 12.0 Å². The molecule has 2 aromatic carbocycles. The van der Waals surface area contributed by atoms with E-state index in [9.17, 15) is 4.39 Å². The summed E-state index contributed by atoms with van der Waals surface area (Å²) in [5.41, 5.74) is 3.63. The molecule has 1 N–H and O–H groups in total. The van der Waals surface area contributed by atoms with Gasteiger partial charge in [0.05, 0.1) is 0 Å². The number of hydrogen-bond acceptors (Lipinski definition) is 1. The lowest BCUT2D eigenvalue weighted by Gasteiger charge is -2.21. The highest BCUT2D eigenvalue weighted by atomic mass is 19.1. The standard InChI is InChI=1S/C17H20FN/c1-12-5-4-6-16(11-12)14(3)19-13(2)15-7-9-17(18)10-8-15/h4-11,13-14,19H,1-3H3/t13-,14?/m1/s1. The van der Waals surface area contributed by atoms with Crippen LogP contribution in [0.25, 0.3) is 0 Å². The molecule has 2 rings (SSSR count). The molecule has 0 aliphatic rings. The van der Waals surface area contributed by atoms with E-state index in [4.69, 9.17) is 0 Å². The highest BCUT2D eigenvalue weighted by Crippen LogP contribution is 2.20. The average Bonchev–Trinajstić information content (AvgIpc) is 2.39. The Bertz CT molecular complexity index is 533. The Labute approximate surface area is 114 Å². The van der Waals surface area contributed by atoms with E-state index in [1.165, 1.54) is 23.3 Å². The first-order valence-electron chi connectivity index (χ1n) is 6.64. The van der Waals surface area contributed by atoms with Crippen LogP contribution in [0.4, 0.5) is 4.39 Å². The van der Waals surface area contributed by atoms with E-state index in [1.807, 2.05) is 12.1 Å². The summed E-state index contributed by atoms with van der Waals surface area (Å²) in [6, 6.07) is 15.6. The summed E-state index contributed by atoms with van der Waals surface area (Å²) in [7, 11) is 0. The lowest BCUT2D eigenvalue weighted by molar-refractivity contribution is 0.493. The van der Waals surface area contributed by atoms with Gasteiger partial charge in [0, 0.05) is 12.1 Å². The van der Waals surface area contributed by atoms with E-state index in [-0.39, 0.29) is 17.9 Å². The molecule has 0 aromatic heterocycles. The smallest absolute Gasteiger partial charge is 0.123 e. The molecule has 0 saturated heterocycles. The normalized spacial score (nSPS) is 14.1. The molecule has 0 amide bonds. The molecule has 1 unspecified atom stereocenters. The highest BCUT2D eigenvalue weighted by Gasteiger charge is 2.11. The van der Waals surface area contributed by atoms with Gasteiger partial charge in [0.2, 0.25) is 0 Å². The summed E-state index contributed by atoms with van der Waals surface area (Å²) < 4.78 is 12.9. The molecule has 2 atom stereocenters. The van der Waals surface area contributed by atoms with Gasteiger partial charge in [-0.15, -0.1) is 0 Å². The molecular formula is C17H20FN. The Morgan fingerprint density at radius 2 is 1.53 bits per heavy atom. The second kappa shape index (κ2) is 5.98. The van der Waals surface area contributed by atoms with E-state index in [0.717, 1.165) is 5.56 Å². The van der Waals surface area contributed by atoms with Crippen LogP contribution in [0.3, 0.4) is 0 Å². The number of aryl methyl sites for hydroxylation is 1. The van der Waals surface area contributed by atoms with Crippen LogP contribution in [0, 0.1) is 12.7 Å². The molecule has 0 fully saturated rings. The Balaban J connectivity index is 2.06. The number of benzene rings is 2. The number of hydrogen-bond donors (Lipinski definition) is 1. The van der Waals surface area contributed by atoms with Crippen molar-refractivity contribution in [2.75, 3.05) is 0 Å². The minimum Gasteiger partial charge on any atom is -0.304 e. The minimum atomic E-state index is -0.192. The van der Waals surface area contributed by atoms with Crippen molar-refractivity contribution < 1.29 is 4.39 Å². The van der Waals surface area contributed by atoms with Crippen molar-refractivity contribution in [3.05, 3.63) is 71.0 Å². The fraction of sp³-hybridized carbons (Fsp3) is 0.294.